The minimum Gasteiger partial charge on any atom is -0.352 e. The standard InChI is InChI=1S/C13H19ClN2O/c14-12-7-5-11(6-8-12)13(17)16-10-4-2-1-3-9-15/h5-8H,1-4,9-10,15H2,(H,16,17). The van der Waals surface area contributed by atoms with E-state index < -0.39 is 0 Å². The highest BCUT2D eigenvalue weighted by Crippen LogP contribution is 2.09. The Morgan fingerprint density at radius 2 is 1.76 bits per heavy atom. The van der Waals surface area contributed by atoms with Gasteiger partial charge in [-0.05, 0) is 43.7 Å². The molecule has 0 bridgehead atoms. The molecule has 1 aromatic carbocycles. The molecule has 0 saturated carbocycles. The summed E-state index contributed by atoms with van der Waals surface area (Å²) < 4.78 is 0. The van der Waals surface area contributed by atoms with Crippen LogP contribution in [-0.2, 0) is 0 Å². The molecular weight excluding hydrogens is 236 g/mol. The lowest BCUT2D eigenvalue weighted by Gasteiger charge is -2.05. The normalized spacial score (nSPS) is 10.2. The smallest absolute Gasteiger partial charge is 0.251 e. The van der Waals surface area contributed by atoms with Crippen molar-refractivity contribution < 1.29 is 4.79 Å². The molecule has 0 aromatic heterocycles. The van der Waals surface area contributed by atoms with Crippen LogP contribution < -0.4 is 11.1 Å². The third-order valence-electron chi connectivity index (χ3n) is 2.52. The van der Waals surface area contributed by atoms with Crippen LogP contribution in [0.4, 0.5) is 0 Å². The Balaban J connectivity index is 2.19. The monoisotopic (exact) mass is 254 g/mol. The minimum absolute atomic E-state index is 0.0412. The number of hydrogen-bond donors (Lipinski definition) is 2. The lowest BCUT2D eigenvalue weighted by Crippen LogP contribution is -2.24. The quantitative estimate of drug-likeness (QED) is 0.735. The van der Waals surface area contributed by atoms with Gasteiger partial charge in [-0.3, -0.25) is 4.79 Å². The van der Waals surface area contributed by atoms with E-state index in [1.54, 1.807) is 24.3 Å². The van der Waals surface area contributed by atoms with E-state index in [9.17, 15) is 4.79 Å². The van der Waals surface area contributed by atoms with Crippen molar-refractivity contribution in [1.29, 1.82) is 0 Å². The summed E-state index contributed by atoms with van der Waals surface area (Å²) in [5, 5.41) is 3.52. The molecular formula is C13H19ClN2O. The van der Waals surface area contributed by atoms with E-state index in [4.69, 9.17) is 17.3 Å². The molecule has 1 rings (SSSR count). The maximum Gasteiger partial charge on any atom is 0.251 e. The van der Waals surface area contributed by atoms with Gasteiger partial charge in [0.05, 0.1) is 0 Å². The number of halogens is 1. The van der Waals surface area contributed by atoms with Crippen LogP contribution in [0.15, 0.2) is 24.3 Å². The fourth-order valence-corrected chi connectivity index (χ4v) is 1.65. The van der Waals surface area contributed by atoms with Crippen LogP contribution in [0, 0.1) is 0 Å². The predicted octanol–water partition coefficient (Wildman–Crippen LogP) is 2.59. The Morgan fingerprint density at radius 1 is 1.12 bits per heavy atom. The van der Waals surface area contributed by atoms with Gasteiger partial charge in [-0.25, -0.2) is 0 Å². The summed E-state index contributed by atoms with van der Waals surface area (Å²) in [7, 11) is 0. The van der Waals surface area contributed by atoms with Crippen LogP contribution in [0.3, 0.4) is 0 Å². The molecule has 17 heavy (non-hydrogen) atoms. The van der Waals surface area contributed by atoms with Gasteiger partial charge >= 0.3 is 0 Å². The van der Waals surface area contributed by atoms with Crippen molar-refractivity contribution in [3.8, 4) is 0 Å². The molecule has 1 aromatic rings. The van der Waals surface area contributed by atoms with Crippen LogP contribution in [0.5, 0.6) is 0 Å². The van der Waals surface area contributed by atoms with E-state index in [2.05, 4.69) is 5.32 Å². The Labute approximate surface area is 107 Å². The average Bonchev–Trinajstić information content (AvgIpc) is 2.34. The van der Waals surface area contributed by atoms with Crippen LogP contribution in [-0.4, -0.2) is 19.0 Å². The van der Waals surface area contributed by atoms with Crippen molar-refractivity contribution in [2.75, 3.05) is 13.1 Å². The van der Waals surface area contributed by atoms with Crippen molar-refractivity contribution in [3.05, 3.63) is 34.9 Å². The molecule has 3 N–H and O–H groups in total. The van der Waals surface area contributed by atoms with Crippen molar-refractivity contribution in [2.24, 2.45) is 5.73 Å². The Hall–Kier alpha value is -1.06. The summed E-state index contributed by atoms with van der Waals surface area (Å²) in [5.41, 5.74) is 6.05. The van der Waals surface area contributed by atoms with Crippen molar-refractivity contribution in [1.82, 2.24) is 5.32 Å². The number of carbonyl (C=O) groups is 1. The van der Waals surface area contributed by atoms with E-state index in [0.717, 1.165) is 32.2 Å². The zero-order chi connectivity index (χ0) is 12.5. The predicted molar refractivity (Wildman–Crippen MR) is 71.3 cm³/mol. The van der Waals surface area contributed by atoms with Crippen LogP contribution in [0.25, 0.3) is 0 Å². The Morgan fingerprint density at radius 3 is 2.41 bits per heavy atom. The molecule has 0 aliphatic heterocycles. The van der Waals surface area contributed by atoms with E-state index in [0.29, 0.717) is 17.1 Å². The van der Waals surface area contributed by atoms with E-state index >= 15 is 0 Å². The summed E-state index contributed by atoms with van der Waals surface area (Å²) in [6, 6.07) is 6.90. The second-order valence-electron chi connectivity index (χ2n) is 3.97. The molecule has 0 spiro atoms. The van der Waals surface area contributed by atoms with E-state index in [1.165, 1.54) is 0 Å². The molecule has 0 radical (unpaired) electrons. The first kappa shape index (κ1) is 14.0. The molecule has 94 valence electrons. The summed E-state index contributed by atoms with van der Waals surface area (Å²) in [6.07, 6.45) is 4.30. The number of nitrogens with one attached hydrogen (secondary N) is 1. The second-order valence-corrected chi connectivity index (χ2v) is 4.40. The van der Waals surface area contributed by atoms with Gasteiger partial charge in [0.25, 0.3) is 5.91 Å². The Bertz CT molecular complexity index is 338. The van der Waals surface area contributed by atoms with Crippen LogP contribution in [0.1, 0.15) is 36.0 Å². The highest BCUT2D eigenvalue weighted by molar-refractivity contribution is 6.30. The van der Waals surface area contributed by atoms with Gasteiger partial charge in [-0.2, -0.15) is 0 Å². The number of unbranched alkanes of at least 4 members (excludes halogenated alkanes) is 3. The summed E-state index contributed by atoms with van der Waals surface area (Å²) in [5.74, 6) is -0.0412. The molecule has 0 atom stereocenters. The molecule has 0 fully saturated rings. The zero-order valence-corrected chi connectivity index (χ0v) is 10.7. The first-order valence-corrected chi connectivity index (χ1v) is 6.35. The molecule has 1 amide bonds. The number of carbonyl (C=O) groups excluding carboxylic acids is 1. The minimum atomic E-state index is -0.0412. The van der Waals surface area contributed by atoms with Crippen molar-refractivity contribution >= 4 is 17.5 Å². The van der Waals surface area contributed by atoms with Crippen molar-refractivity contribution in [2.45, 2.75) is 25.7 Å². The zero-order valence-electron chi connectivity index (χ0n) is 9.92. The third-order valence-corrected chi connectivity index (χ3v) is 2.77. The van der Waals surface area contributed by atoms with Crippen LogP contribution in [0.2, 0.25) is 5.02 Å². The topological polar surface area (TPSA) is 55.1 Å². The number of hydrogen-bond acceptors (Lipinski definition) is 2. The van der Waals surface area contributed by atoms with Gasteiger partial charge in [-0.1, -0.05) is 24.4 Å². The Kier molecular flexibility index (Phi) is 6.67. The third kappa shape index (κ3) is 5.71. The molecule has 0 aliphatic rings. The average molecular weight is 255 g/mol. The SMILES string of the molecule is NCCCCCCNC(=O)c1ccc(Cl)cc1. The lowest BCUT2D eigenvalue weighted by atomic mass is 10.2. The van der Waals surface area contributed by atoms with Gasteiger partial charge in [-0.15, -0.1) is 0 Å². The fraction of sp³-hybridized carbons (Fsp3) is 0.462. The van der Waals surface area contributed by atoms with Gasteiger partial charge in [0.2, 0.25) is 0 Å². The van der Waals surface area contributed by atoms with Gasteiger partial charge < -0.3 is 11.1 Å². The highest BCUT2D eigenvalue weighted by atomic mass is 35.5. The molecule has 3 nitrogen and oxygen atoms in total. The maximum atomic E-state index is 11.7. The number of nitrogens with two attached hydrogens (primary N) is 1. The van der Waals surface area contributed by atoms with Gasteiger partial charge in [0.15, 0.2) is 0 Å². The molecule has 0 unspecified atom stereocenters. The number of amides is 1. The van der Waals surface area contributed by atoms with Crippen molar-refractivity contribution in [3.63, 3.8) is 0 Å². The first-order chi connectivity index (χ1) is 8.24. The molecule has 0 aliphatic carbocycles. The van der Waals surface area contributed by atoms with Crippen LogP contribution >= 0.6 is 11.6 Å². The fourth-order valence-electron chi connectivity index (χ4n) is 1.53. The second kappa shape index (κ2) is 8.09. The van der Waals surface area contributed by atoms with E-state index in [-0.39, 0.29) is 5.91 Å². The molecule has 0 saturated heterocycles. The lowest BCUT2D eigenvalue weighted by molar-refractivity contribution is 0.0953. The molecule has 0 heterocycles. The maximum absolute atomic E-state index is 11.7. The highest BCUT2D eigenvalue weighted by Gasteiger charge is 2.03. The van der Waals surface area contributed by atoms with Gasteiger partial charge in [0, 0.05) is 17.1 Å². The van der Waals surface area contributed by atoms with Gasteiger partial charge in [0.1, 0.15) is 0 Å². The molecule has 4 heteroatoms. The number of benzene rings is 1. The summed E-state index contributed by atoms with van der Waals surface area (Å²) in [6.45, 7) is 1.46. The number of rotatable bonds is 7. The summed E-state index contributed by atoms with van der Waals surface area (Å²) in [4.78, 5) is 11.7. The first-order valence-electron chi connectivity index (χ1n) is 5.98. The summed E-state index contributed by atoms with van der Waals surface area (Å²) >= 11 is 5.75. The van der Waals surface area contributed by atoms with E-state index in [1.807, 2.05) is 0 Å². The largest absolute Gasteiger partial charge is 0.352 e.